The maximum atomic E-state index is 14.5. The molecule has 7 nitrogen and oxygen atoms in total. The number of likely N-dealkylation sites (tertiary alicyclic amines) is 1. The third-order valence-electron chi connectivity index (χ3n) is 9.50. The number of hydrogen-bond acceptors (Lipinski definition) is 6. The van der Waals surface area contributed by atoms with Crippen LogP contribution in [0, 0.1) is 11.3 Å². The second-order valence-electron chi connectivity index (χ2n) is 14.7. The number of ether oxygens (including phenoxy) is 4. The van der Waals surface area contributed by atoms with Crippen LogP contribution in [0.25, 0.3) is 0 Å². The molecule has 0 bridgehead atoms. The predicted molar refractivity (Wildman–Crippen MR) is 171 cm³/mol. The third-order valence-corrected chi connectivity index (χ3v) is 9.50. The number of methoxy groups -OCH3 is 1. The van der Waals surface area contributed by atoms with Crippen LogP contribution in [-0.4, -0.2) is 55.3 Å². The smallest absolute Gasteiger partial charge is 0.329 e. The van der Waals surface area contributed by atoms with E-state index in [1.807, 2.05) is 19.1 Å². The highest BCUT2D eigenvalue weighted by molar-refractivity contribution is 5.89. The van der Waals surface area contributed by atoms with Crippen molar-refractivity contribution in [2.24, 2.45) is 11.3 Å². The maximum Gasteiger partial charge on any atom is 0.329 e. The zero-order chi connectivity index (χ0) is 31.8. The van der Waals surface area contributed by atoms with Crippen molar-refractivity contribution in [2.75, 3.05) is 20.3 Å². The lowest BCUT2D eigenvalue weighted by atomic mass is 9.73. The average molecular weight is 606 g/mol. The van der Waals surface area contributed by atoms with Crippen LogP contribution in [0.1, 0.15) is 108 Å². The standard InChI is InChI=1S/C37H51NO6/c1-9-42-35(40)32-30(37(5,6)7)33(44-22-24-21-25(36(2,3)4)18-19-28(24)41-8)31(38(32)34(39)29-15-12-20-43-29)27-14-11-10-13-26(27)23-16-17-23/h10-11,13-14,18-19,21,23,29-33H,9,12,15-17,20,22H2,1-8H3/t29-,30-,31-,32-,33-/m0/s1. The van der Waals surface area contributed by atoms with Crippen LogP contribution >= 0.6 is 0 Å². The molecule has 2 aliphatic heterocycles. The van der Waals surface area contributed by atoms with Crippen LogP contribution in [-0.2, 0) is 35.8 Å². The topological polar surface area (TPSA) is 74.3 Å². The Morgan fingerprint density at radius 2 is 1.68 bits per heavy atom. The first kappa shape index (κ1) is 32.5. The minimum atomic E-state index is -0.809. The average Bonchev–Trinajstić information content (AvgIpc) is 3.54. The molecule has 5 rings (SSSR count). The van der Waals surface area contributed by atoms with Crippen LogP contribution in [0.15, 0.2) is 42.5 Å². The summed E-state index contributed by atoms with van der Waals surface area (Å²) in [5.74, 6) is 0.341. The lowest BCUT2D eigenvalue weighted by molar-refractivity contribution is -0.160. The van der Waals surface area contributed by atoms with Gasteiger partial charge in [0.25, 0.3) is 5.91 Å². The molecule has 44 heavy (non-hydrogen) atoms. The minimum Gasteiger partial charge on any atom is -0.496 e. The Labute approximate surface area is 263 Å². The Morgan fingerprint density at radius 3 is 2.25 bits per heavy atom. The highest BCUT2D eigenvalue weighted by atomic mass is 16.5. The van der Waals surface area contributed by atoms with Gasteiger partial charge in [0, 0.05) is 18.1 Å². The fraction of sp³-hybridized carbons (Fsp3) is 0.622. The van der Waals surface area contributed by atoms with Gasteiger partial charge < -0.3 is 23.8 Å². The van der Waals surface area contributed by atoms with Gasteiger partial charge in [0.2, 0.25) is 0 Å². The number of carbonyl (C=O) groups is 2. The van der Waals surface area contributed by atoms with Crippen molar-refractivity contribution >= 4 is 11.9 Å². The number of nitrogens with zero attached hydrogens (tertiary/aromatic N) is 1. The Kier molecular flexibility index (Phi) is 9.48. The molecule has 0 unspecified atom stereocenters. The maximum absolute atomic E-state index is 14.5. The van der Waals surface area contributed by atoms with Gasteiger partial charge >= 0.3 is 5.97 Å². The summed E-state index contributed by atoms with van der Waals surface area (Å²) in [6.45, 7) is 15.8. The summed E-state index contributed by atoms with van der Waals surface area (Å²) in [5, 5.41) is 0. The number of esters is 1. The first-order valence-corrected chi connectivity index (χ1v) is 16.3. The van der Waals surface area contributed by atoms with Crippen molar-refractivity contribution in [3.63, 3.8) is 0 Å². The molecular formula is C37H51NO6. The third kappa shape index (κ3) is 6.55. The van der Waals surface area contributed by atoms with E-state index >= 15 is 0 Å². The summed E-state index contributed by atoms with van der Waals surface area (Å²) in [6, 6.07) is 13.4. The van der Waals surface area contributed by atoms with Crippen molar-refractivity contribution in [1.82, 2.24) is 4.90 Å². The summed E-state index contributed by atoms with van der Waals surface area (Å²) < 4.78 is 24.5. The van der Waals surface area contributed by atoms with Crippen molar-refractivity contribution in [3.8, 4) is 5.75 Å². The van der Waals surface area contributed by atoms with Crippen LogP contribution < -0.4 is 4.74 Å². The van der Waals surface area contributed by atoms with Gasteiger partial charge in [0.1, 0.15) is 17.9 Å². The molecule has 240 valence electrons. The first-order chi connectivity index (χ1) is 20.9. The van der Waals surface area contributed by atoms with Gasteiger partial charge in [-0.15, -0.1) is 0 Å². The Balaban J connectivity index is 1.66. The number of carbonyl (C=O) groups excluding carboxylic acids is 2. The molecule has 3 aliphatic rings. The van der Waals surface area contributed by atoms with Crippen LogP contribution in [0.2, 0.25) is 0 Å². The molecule has 0 spiro atoms. The quantitative estimate of drug-likeness (QED) is 0.284. The Morgan fingerprint density at radius 1 is 0.977 bits per heavy atom. The summed E-state index contributed by atoms with van der Waals surface area (Å²) >= 11 is 0. The van der Waals surface area contributed by atoms with Gasteiger partial charge in [-0.05, 0) is 78.2 Å². The van der Waals surface area contributed by atoms with Crippen LogP contribution in [0.5, 0.6) is 5.75 Å². The molecule has 1 amide bonds. The molecular weight excluding hydrogens is 554 g/mol. The van der Waals surface area contributed by atoms with Crippen molar-refractivity contribution in [1.29, 1.82) is 0 Å². The molecule has 0 N–H and O–H groups in total. The van der Waals surface area contributed by atoms with E-state index in [1.54, 1.807) is 12.0 Å². The van der Waals surface area contributed by atoms with Gasteiger partial charge in [0.15, 0.2) is 0 Å². The molecule has 5 atom stereocenters. The van der Waals surface area contributed by atoms with Gasteiger partial charge in [-0.3, -0.25) is 4.79 Å². The highest BCUT2D eigenvalue weighted by Crippen LogP contribution is 2.53. The van der Waals surface area contributed by atoms with Gasteiger partial charge in [-0.2, -0.15) is 0 Å². The monoisotopic (exact) mass is 605 g/mol. The van der Waals surface area contributed by atoms with E-state index in [4.69, 9.17) is 18.9 Å². The molecule has 2 saturated heterocycles. The largest absolute Gasteiger partial charge is 0.496 e. The molecule has 2 aromatic carbocycles. The molecule has 3 fully saturated rings. The summed E-state index contributed by atoms with van der Waals surface area (Å²) in [6.07, 6.45) is 2.66. The molecule has 2 heterocycles. The summed E-state index contributed by atoms with van der Waals surface area (Å²) in [5.41, 5.74) is 3.98. The molecule has 0 radical (unpaired) electrons. The van der Waals surface area contributed by atoms with Crippen molar-refractivity contribution in [2.45, 2.75) is 116 Å². The number of hydrogen-bond donors (Lipinski definition) is 0. The number of rotatable bonds is 9. The van der Waals surface area contributed by atoms with E-state index in [9.17, 15) is 9.59 Å². The second-order valence-corrected chi connectivity index (χ2v) is 14.7. The van der Waals surface area contributed by atoms with E-state index in [0.29, 0.717) is 18.9 Å². The van der Waals surface area contributed by atoms with E-state index in [2.05, 4.69) is 71.9 Å². The fourth-order valence-corrected chi connectivity index (χ4v) is 7.16. The van der Waals surface area contributed by atoms with Gasteiger partial charge in [0.05, 0.1) is 32.5 Å². The number of benzene rings is 2. The molecule has 0 aromatic heterocycles. The molecule has 1 saturated carbocycles. The van der Waals surface area contributed by atoms with Gasteiger partial charge in [-0.25, -0.2) is 4.79 Å². The van der Waals surface area contributed by atoms with Crippen LogP contribution in [0.3, 0.4) is 0 Å². The zero-order valence-corrected chi connectivity index (χ0v) is 27.9. The van der Waals surface area contributed by atoms with E-state index in [0.717, 1.165) is 36.1 Å². The predicted octanol–water partition coefficient (Wildman–Crippen LogP) is 7.11. The van der Waals surface area contributed by atoms with Crippen LogP contribution in [0.4, 0.5) is 0 Å². The Hall–Kier alpha value is -2.90. The highest BCUT2D eigenvalue weighted by Gasteiger charge is 2.60. The summed E-state index contributed by atoms with van der Waals surface area (Å²) in [7, 11) is 1.68. The molecule has 2 aromatic rings. The normalized spacial score (nSPS) is 25.7. The second kappa shape index (κ2) is 12.8. The SMILES string of the molecule is CCOC(=O)[C@@H]1[C@H](C(C)(C)C)[C@H](OCc2cc(C(C)(C)C)ccc2OC)[C@H](c2ccccc2C2CC2)N1C(=O)[C@@H]1CCCO1. The Bertz CT molecular complexity index is 1330. The van der Waals surface area contributed by atoms with E-state index < -0.39 is 29.7 Å². The molecule has 1 aliphatic carbocycles. The summed E-state index contributed by atoms with van der Waals surface area (Å²) in [4.78, 5) is 30.3. The minimum absolute atomic E-state index is 0.0480. The van der Waals surface area contributed by atoms with Gasteiger partial charge in [-0.1, -0.05) is 71.9 Å². The lowest BCUT2D eigenvalue weighted by Crippen LogP contribution is -2.50. The first-order valence-electron chi connectivity index (χ1n) is 16.3. The van der Waals surface area contributed by atoms with Crippen molar-refractivity contribution < 1.29 is 28.5 Å². The van der Waals surface area contributed by atoms with Crippen molar-refractivity contribution in [3.05, 3.63) is 64.7 Å². The lowest BCUT2D eigenvalue weighted by Gasteiger charge is -2.35. The number of amides is 1. The van der Waals surface area contributed by atoms with E-state index in [1.165, 1.54) is 11.1 Å². The zero-order valence-electron chi connectivity index (χ0n) is 27.9. The van der Waals surface area contributed by atoms with E-state index in [-0.39, 0.29) is 36.4 Å². The fourth-order valence-electron chi connectivity index (χ4n) is 7.16. The molecule has 7 heteroatoms.